The van der Waals surface area contributed by atoms with E-state index in [4.69, 9.17) is 0 Å². The quantitative estimate of drug-likeness (QED) is 0.380. The first-order valence-corrected chi connectivity index (χ1v) is 9.42. The lowest BCUT2D eigenvalue weighted by Crippen LogP contribution is -2.09. The van der Waals surface area contributed by atoms with Crippen LogP contribution in [0, 0.1) is 5.82 Å². The number of carbonyl (C=O) groups is 1. The van der Waals surface area contributed by atoms with Gasteiger partial charge < -0.3 is 4.57 Å². The second kappa shape index (κ2) is 6.99. The molecule has 140 valence electrons. The van der Waals surface area contributed by atoms with E-state index in [1.165, 1.54) is 12.1 Å². The summed E-state index contributed by atoms with van der Waals surface area (Å²) < 4.78 is 15.8. The van der Waals surface area contributed by atoms with E-state index in [0.29, 0.717) is 17.8 Å². The smallest absolute Gasteiger partial charge is 0.213 e. The third-order valence-electron chi connectivity index (χ3n) is 5.16. The zero-order valence-corrected chi connectivity index (χ0v) is 15.5. The van der Waals surface area contributed by atoms with Crippen LogP contribution in [0.5, 0.6) is 0 Å². The fourth-order valence-corrected chi connectivity index (χ4v) is 3.88. The van der Waals surface area contributed by atoms with Crippen LogP contribution in [-0.2, 0) is 6.54 Å². The molecule has 0 N–H and O–H groups in total. The molecule has 0 aliphatic carbocycles. The largest absolute Gasteiger partial charge is 0.334 e. The Morgan fingerprint density at radius 2 is 1.66 bits per heavy atom. The highest BCUT2D eigenvalue weighted by molar-refractivity contribution is 6.19. The van der Waals surface area contributed by atoms with Crippen molar-refractivity contribution in [2.75, 3.05) is 0 Å². The van der Waals surface area contributed by atoms with Crippen LogP contribution in [0.1, 0.15) is 21.6 Å². The zero-order chi connectivity index (χ0) is 19.8. The van der Waals surface area contributed by atoms with Crippen molar-refractivity contribution in [3.63, 3.8) is 0 Å². The molecule has 0 spiro atoms. The van der Waals surface area contributed by atoms with E-state index >= 15 is 0 Å². The number of para-hydroxylation sites is 1. The number of ketones is 1. The van der Waals surface area contributed by atoms with Crippen LogP contribution in [0.15, 0.2) is 91.1 Å². The summed E-state index contributed by atoms with van der Waals surface area (Å²) in [7, 11) is 0. The van der Waals surface area contributed by atoms with E-state index in [9.17, 15) is 9.18 Å². The molecule has 0 amide bonds. The van der Waals surface area contributed by atoms with Gasteiger partial charge in [-0.25, -0.2) is 4.39 Å². The number of rotatable bonds is 4. The Morgan fingerprint density at radius 1 is 0.862 bits per heavy atom. The van der Waals surface area contributed by atoms with E-state index in [1.807, 2.05) is 54.6 Å². The Hall–Kier alpha value is -3.79. The minimum absolute atomic E-state index is 0.125. The Balaban J connectivity index is 1.79. The fraction of sp³-hybridized carbons (Fsp3) is 0.0400. The summed E-state index contributed by atoms with van der Waals surface area (Å²) >= 11 is 0. The van der Waals surface area contributed by atoms with Crippen molar-refractivity contribution >= 4 is 27.6 Å². The lowest BCUT2D eigenvalue weighted by molar-refractivity contribution is 0.103. The van der Waals surface area contributed by atoms with Crippen LogP contribution in [0.2, 0.25) is 0 Å². The van der Waals surface area contributed by atoms with Crippen LogP contribution in [0.25, 0.3) is 21.8 Å². The predicted octanol–water partition coefficient (Wildman–Crippen LogP) is 5.61. The Morgan fingerprint density at radius 3 is 2.48 bits per heavy atom. The van der Waals surface area contributed by atoms with Gasteiger partial charge >= 0.3 is 0 Å². The number of pyridine rings is 1. The summed E-state index contributed by atoms with van der Waals surface area (Å²) in [4.78, 5) is 17.7. The maximum Gasteiger partial charge on any atom is 0.213 e. The van der Waals surface area contributed by atoms with Gasteiger partial charge in [0.15, 0.2) is 0 Å². The predicted molar refractivity (Wildman–Crippen MR) is 113 cm³/mol. The Labute approximate surface area is 167 Å². The van der Waals surface area contributed by atoms with Crippen molar-refractivity contribution in [3.05, 3.63) is 114 Å². The lowest BCUT2D eigenvalue weighted by atomic mass is 10.1. The Kier molecular flexibility index (Phi) is 4.17. The average molecular weight is 380 g/mol. The van der Waals surface area contributed by atoms with E-state index < -0.39 is 0 Å². The summed E-state index contributed by atoms with van der Waals surface area (Å²) in [5.74, 6) is -0.401. The molecule has 5 aromatic rings. The highest BCUT2D eigenvalue weighted by atomic mass is 19.1. The van der Waals surface area contributed by atoms with Crippen molar-refractivity contribution in [3.8, 4) is 0 Å². The van der Waals surface area contributed by atoms with Gasteiger partial charge in [-0.15, -0.1) is 0 Å². The summed E-state index contributed by atoms with van der Waals surface area (Å²) in [6, 6.07) is 25.6. The van der Waals surface area contributed by atoms with Gasteiger partial charge in [-0.3, -0.25) is 9.78 Å². The molecule has 29 heavy (non-hydrogen) atoms. The minimum Gasteiger partial charge on any atom is -0.334 e. The summed E-state index contributed by atoms with van der Waals surface area (Å²) in [5, 5.41) is 2.01. The van der Waals surface area contributed by atoms with Crippen LogP contribution in [0.4, 0.5) is 4.39 Å². The van der Waals surface area contributed by atoms with Crippen molar-refractivity contribution < 1.29 is 9.18 Å². The molecule has 4 heteroatoms. The van der Waals surface area contributed by atoms with Crippen molar-refractivity contribution in [2.24, 2.45) is 0 Å². The molecule has 0 aliphatic rings. The minimum atomic E-state index is -0.276. The van der Waals surface area contributed by atoms with E-state index in [0.717, 1.165) is 27.4 Å². The van der Waals surface area contributed by atoms with Gasteiger partial charge in [-0.2, -0.15) is 0 Å². The lowest BCUT2D eigenvalue weighted by Gasteiger charge is -2.10. The fourth-order valence-electron chi connectivity index (χ4n) is 3.88. The highest BCUT2D eigenvalue weighted by Gasteiger charge is 2.20. The first kappa shape index (κ1) is 17.3. The first-order chi connectivity index (χ1) is 14.2. The van der Waals surface area contributed by atoms with Gasteiger partial charge in [0.2, 0.25) is 5.78 Å². The number of nitrogens with zero attached hydrogens (tertiary/aromatic N) is 2. The SMILES string of the molecule is O=C(c1ccccc1)c1nccc2c3ccccc3n(Cc3cccc(F)c3)c12. The van der Waals surface area contributed by atoms with Crippen molar-refractivity contribution in [1.29, 1.82) is 0 Å². The monoisotopic (exact) mass is 380 g/mol. The molecule has 3 nitrogen and oxygen atoms in total. The summed E-state index contributed by atoms with van der Waals surface area (Å²) in [6.45, 7) is 0.447. The Bertz CT molecular complexity index is 1360. The van der Waals surface area contributed by atoms with Crippen LogP contribution in [0.3, 0.4) is 0 Å². The van der Waals surface area contributed by atoms with Gasteiger partial charge in [0, 0.05) is 34.6 Å². The number of carbonyl (C=O) groups excluding carboxylic acids is 1. The molecular weight excluding hydrogens is 363 g/mol. The number of hydrogen-bond acceptors (Lipinski definition) is 2. The number of halogens is 1. The molecule has 3 aromatic carbocycles. The second-order valence-electron chi connectivity index (χ2n) is 6.98. The first-order valence-electron chi connectivity index (χ1n) is 9.42. The molecule has 2 aromatic heterocycles. The topological polar surface area (TPSA) is 34.9 Å². The summed E-state index contributed by atoms with van der Waals surface area (Å²) in [5.41, 5.74) is 3.58. The van der Waals surface area contributed by atoms with E-state index in [1.54, 1.807) is 24.4 Å². The number of fused-ring (bicyclic) bond motifs is 3. The zero-order valence-electron chi connectivity index (χ0n) is 15.5. The van der Waals surface area contributed by atoms with E-state index in [-0.39, 0.29) is 11.6 Å². The maximum atomic E-state index is 13.8. The average Bonchev–Trinajstić information content (AvgIpc) is 3.08. The highest BCUT2D eigenvalue weighted by Crippen LogP contribution is 2.32. The molecule has 0 fully saturated rings. The molecule has 2 heterocycles. The van der Waals surface area contributed by atoms with E-state index in [2.05, 4.69) is 9.55 Å². The molecule has 5 rings (SSSR count). The van der Waals surface area contributed by atoms with Gasteiger partial charge in [-0.05, 0) is 29.8 Å². The molecule has 0 atom stereocenters. The van der Waals surface area contributed by atoms with Crippen molar-refractivity contribution in [2.45, 2.75) is 6.54 Å². The van der Waals surface area contributed by atoms with Crippen LogP contribution >= 0.6 is 0 Å². The van der Waals surface area contributed by atoms with Gasteiger partial charge in [-0.1, -0.05) is 60.7 Å². The molecule has 0 aliphatic heterocycles. The summed E-state index contributed by atoms with van der Waals surface area (Å²) in [6.07, 6.45) is 1.68. The van der Waals surface area contributed by atoms with Gasteiger partial charge in [0.25, 0.3) is 0 Å². The third-order valence-corrected chi connectivity index (χ3v) is 5.16. The number of benzene rings is 3. The van der Waals surface area contributed by atoms with Gasteiger partial charge in [0.1, 0.15) is 11.5 Å². The number of hydrogen-bond donors (Lipinski definition) is 0. The third kappa shape index (κ3) is 2.99. The molecule has 0 saturated heterocycles. The van der Waals surface area contributed by atoms with Gasteiger partial charge in [0.05, 0.1) is 5.52 Å². The maximum absolute atomic E-state index is 13.8. The van der Waals surface area contributed by atoms with Crippen LogP contribution < -0.4 is 0 Å². The normalized spacial score (nSPS) is 11.2. The molecule has 0 radical (unpaired) electrons. The second-order valence-corrected chi connectivity index (χ2v) is 6.98. The molecule has 0 unspecified atom stereocenters. The van der Waals surface area contributed by atoms with Crippen LogP contribution in [-0.4, -0.2) is 15.3 Å². The molecule has 0 saturated carbocycles. The molecular formula is C25H17FN2O. The standard InChI is InChI=1S/C25H17FN2O/c26-19-10-6-7-17(15-19)16-28-22-12-5-4-11-20(22)21-13-14-27-23(24(21)28)25(29)18-8-2-1-3-9-18/h1-15H,16H2. The van der Waals surface area contributed by atoms with Crippen molar-refractivity contribution in [1.82, 2.24) is 9.55 Å². The number of aromatic nitrogens is 2. The molecule has 0 bridgehead atoms.